The molecule has 1 N–H and O–H groups in total. The largest absolute Gasteiger partial charge is 0.454 e. The zero-order valence-corrected chi connectivity index (χ0v) is 14.7. The summed E-state index contributed by atoms with van der Waals surface area (Å²) in [4.78, 5) is 14.8. The monoisotopic (exact) mass is 346 g/mol. The van der Waals surface area contributed by atoms with Crippen LogP contribution in [0.5, 0.6) is 11.5 Å². The maximum absolute atomic E-state index is 12.4. The van der Waals surface area contributed by atoms with Crippen LogP contribution in [0.1, 0.15) is 31.4 Å². The molecule has 2 fully saturated rings. The summed E-state index contributed by atoms with van der Waals surface area (Å²) in [7, 11) is 0. The highest BCUT2D eigenvalue weighted by atomic mass is 16.7. The minimum atomic E-state index is 0.113. The summed E-state index contributed by atoms with van der Waals surface area (Å²) in [5.41, 5.74) is 1.14. The van der Waals surface area contributed by atoms with Gasteiger partial charge in [-0.15, -0.1) is 0 Å². The average molecular weight is 346 g/mol. The molecule has 1 saturated heterocycles. The first-order valence-corrected chi connectivity index (χ1v) is 9.21. The van der Waals surface area contributed by atoms with Crippen molar-refractivity contribution in [2.75, 3.05) is 39.6 Å². The topological polar surface area (TPSA) is 60.0 Å². The average Bonchev–Trinajstić information content (AvgIpc) is 3.39. The lowest BCUT2D eigenvalue weighted by Gasteiger charge is -2.35. The molecule has 0 radical (unpaired) electrons. The summed E-state index contributed by atoms with van der Waals surface area (Å²) >= 11 is 0. The summed E-state index contributed by atoms with van der Waals surface area (Å²) in [6.45, 7) is 6.12. The van der Waals surface area contributed by atoms with Crippen molar-refractivity contribution in [3.05, 3.63) is 23.8 Å². The van der Waals surface area contributed by atoms with Crippen molar-refractivity contribution in [1.82, 2.24) is 10.2 Å². The zero-order valence-electron chi connectivity index (χ0n) is 14.7. The first kappa shape index (κ1) is 16.7. The van der Waals surface area contributed by atoms with Crippen molar-refractivity contribution < 1.29 is 19.0 Å². The molecule has 25 heavy (non-hydrogen) atoms. The summed E-state index contributed by atoms with van der Waals surface area (Å²) in [5.74, 6) is 2.43. The van der Waals surface area contributed by atoms with Gasteiger partial charge in [0.2, 0.25) is 12.7 Å². The lowest BCUT2D eigenvalue weighted by molar-refractivity contribution is -0.125. The first-order valence-electron chi connectivity index (χ1n) is 9.21. The number of amides is 1. The van der Waals surface area contributed by atoms with E-state index in [0.717, 1.165) is 43.4 Å². The fourth-order valence-corrected chi connectivity index (χ4v) is 3.64. The molecular weight excluding hydrogens is 320 g/mol. The summed E-state index contributed by atoms with van der Waals surface area (Å²) < 4.78 is 16.4. The minimum Gasteiger partial charge on any atom is -0.454 e. The van der Waals surface area contributed by atoms with E-state index >= 15 is 0 Å². The molecule has 0 aromatic heterocycles. The second-order valence-corrected chi connectivity index (χ2v) is 7.15. The smallest absolute Gasteiger partial charge is 0.231 e. The van der Waals surface area contributed by atoms with E-state index in [1.54, 1.807) is 0 Å². The molecule has 2 heterocycles. The van der Waals surface area contributed by atoms with Gasteiger partial charge in [0.1, 0.15) is 0 Å². The van der Waals surface area contributed by atoms with Gasteiger partial charge in [-0.1, -0.05) is 13.0 Å². The lowest BCUT2D eigenvalue weighted by Crippen LogP contribution is -2.44. The highest BCUT2D eigenvalue weighted by molar-refractivity contribution is 5.79. The molecule has 2 aliphatic heterocycles. The van der Waals surface area contributed by atoms with E-state index < -0.39 is 0 Å². The molecule has 1 aromatic carbocycles. The van der Waals surface area contributed by atoms with Crippen LogP contribution in [0.2, 0.25) is 0 Å². The van der Waals surface area contributed by atoms with Gasteiger partial charge in [0, 0.05) is 25.6 Å². The summed E-state index contributed by atoms with van der Waals surface area (Å²) in [5, 5.41) is 3.17. The molecular formula is C19H26N2O4. The molecule has 1 aromatic rings. The SMILES string of the molecule is CC(C(=O)NCC(c1ccc2c(c1)OCO2)N1CCOCC1)C1CC1. The van der Waals surface area contributed by atoms with Gasteiger partial charge in [-0.3, -0.25) is 9.69 Å². The van der Waals surface area contributed by atoms with E-state index in [1.807, 2.05) is 19.1 Å². The Bertz CT molecular complexity index is 626. The van der Waals surface area contributed by atoms with E-state index in [9.17, 15) is 4.79 Å². The molecule has 2 unspecified atom stereocenters. The Labute approximate surface area is 148 Å². The van der Waals surface area contributed by atoms with Crippen LogP contribution in [-0.4, -0.2) is 50.4 Å². The number of benzene rings is 1. The van der Waals surface area contributed by atoms with Crippen molar-refractivity contribution in [2.45, 2.75) is 25.8 Å². The van der Waals surface area contributed by atoms with E-state index in [1.165, 1.54) is 12.8 Å². The fraction of sp³-hybridized carbons (Fsp3) is 0.632. The third-order valence-corrected chi connectivity index (χ3v) is 5.48. The molecule has 6 nitrogen and oxygen atoms in total. The Morgan fingerprint density at radius 1 is 1.24 bits per heavy atom. The van der Waals surface area contributed by atoms with Gasteiger partial charge in [-0.25, -0.2) is 0 Å². The van der Waals surface area contributed by atoms with Gasteiger partial charge in [-0.2, -0.15) is 0 Å². The third kappa shape index (κ3) is 3.75. The highest BCUT2D eigenvalue weighted by Gasteiger charge is 2.33. The van der Waals surface area contributed by atoms with Crippen LogP contribution in [0.3, 0.4) is 0 Å². The molecule has 2 atom stereocenters. The standard InChI is InChI=1S/C19H26N2O4/c1-13(14-2-3-14)19(22)20-11-16(21-6-8-23-9-7-21)15-4-5-17-18(10-15)25-12-24-17/h4-5,10,13-14,16H,2-3,6-9,11-12H2,1H3,(H,20,22). The van der Waals surface area contributed by atoms with Crippen LogP contribution in [0.4, 0.5) is 0 Å². The molecule has 1 aliphatic carbocycles. The van der Waals surface area contributed by atoms with E-state index in [0.29, 0.717) is 12.5 Å². The normalized spacial score (nSPS) is 22.4. The Hall–Kier alpha value is -1.79. The molecule has 136 valence electrons. The van der Waals surface area contributed by atoms with Crippen molar-refractivity contribution in [2.24, 2.45) is 11.8 Å². The number of carbonyl (C=O) groups excluding carboxylic acids is 1. The molecule has 6 heteroatoms. The van der Waals surface area contributed by atoms with Crippen molar-refractivity contribution in [3.63, 3.8) is 0 Å². The molecule has 3 aliphatic rings. The van der Waals surface area contributed by atoms with Gasteiger partial charge in [0.15, 0.2) is 11.5 Å². The van der Waals surface area contributed by atoms with Crippen molar-refractivity contribution in [3.8, 4) is 11.5 Å². The quantitative estimate of drug-likeness (QED) is 0.853. The van der Waals surface area contributed by atoms with Gasteiger partial charge in [-0.05, 0) is 36.5 Å². The molecule has 1 saturated carbocycles. The van der Waals surface area contributed by atoms with Crippen LogP contribution in [0.15, 0.2) is 18.2 Å². The predicted octanol–water partition coefficient (Wildman–Crippen LogP) is 1.95. The minimum absolute atomic E-state index is 0.113. The van der Waals surface area contributed by atoms with E-state index in [-0.39, 0.29) is 24.7 Å². The maximum atomic E-state index is 12.4. The third-order valence-electron chi connectivity index (χ3n) is 5.48. The molecule has 0 bridgehead atoms. The van der Waals surface area contributed by atoms with Crippen LogP contribution in [-0.2, 0) is 9.53 Å². The Balaban J connectivity index is 1.48. The summed E-state index contributed by atoms with van der Waals surface area (Å²) in [6, 6.07) is 6.19. The Kier molecular flexibility index (Phi) is 4.81. The Morgan fingerprint density at radius 2 is 2.00 bits per heavy atom. The number of rotatable bonds is 6. The van der Waals surface area contributed by atoms with E-state index in [2.05, 4.69) is 16.3 Å². The first-order chi connectivity index (χ1) is 12.2. The second-order valence-electron chi connectivity index (χ2n) is 7.15. The number of nitrogens with zero attached hydrogens (tertiary/aromatic N) is 1. The van der Waals surface area contributed by atoms with Crippen molar-refractivity contribution in [1.29, 1.82) is 0 Å². The molecule has 0 spiro atoms. The lowest BCUT2D eigenvalue weighted by atomic mass is 10.0. The number of fused-ring (bicyclic) bond motifs is 1. The number of morpholine rings is 1. The maximum Gasteiger partial charge on any atom is 0.231 e. The van der Waals surface area contributed by atoms with E-state index in [4.69, 9.17) is 14.2 Å². The predicted molar refractivity (Wildman–Crippen MR) is 92.6 cm³/mol. The molecule has 4 rings (SSSR count). The summed E-state index contributed by atoms with van der Waals surface area (Å²) in [6.07, 6.45) is 2.37. The van der Waals surface area contributed by atoms with Crippen LogP contribution >= 0.6 is 0 Å². The molecule has 1 amide bonds. The number of hydrogen-bond donors (Lipinski definition) is 1. The van der Waals surface area contributed by atoms with Crippen LogP contribution in [0, 0.1) is 11.8 Å². The second kappa shape index (κ2) is 7.22. The van der Waals surface area contributed by atoms with Crippen LogP contribution < -0.4 is 14.8 Å². The number of ether oxygens (including phenoxy) is 3. The fourth-order valence-electron chi connectivity index (χ4n) is 3.64. The van der Waals surface area contributed by atoms with Gasteiger partial charge in [0.05, 0.1) is 19.3 Å². The van der Waals surface area contributed by atoms with Gasteiger partial charge < -0.3 is 19.5 Å². The Morgan fingerprint density at radius 3 is 2.76 bits per heavy atom. The van der Waals surface area contributed by atoms with Crippen molar-refractivity contribution >= 4 is 5.91 Å². The zero-order chi connectivity index (χ0) is 17.2. The number of carbonyl (C=O) groups is 1. The number of hydrogen-bond acceptors (Lipinski definition) is 5. The van der Waals surface area contributed by atoms with Gasteiger partial charge >= 0.3 is 0 Å². The van der Waals surface area contributed by atoms with Gasteiger partial charge in [0.25, 0.3) is 0 Å². The highest BCUT2D eigenvalue weighted by Crippen LogP contribution is 2.37. The number of nitrogens with one attached hydrogen (secondary N) is 1. The van der Waals surface area contributed by atoms with Crippen LogP contribution in [0.25, 0.3) is 0 Å².